The van der Waals surface area contributed by atoms with Gasteiger partial charge in [0.1, 0.15) is 5.75 Å². The SMILES string of the molecule is COc1cccc(N2CCN(CC(=O)N3CC(C)OC(C)C3)CC2)c1. The summed E-state index contributed by atoms with van der Waals surface area (Å²) in [4.78, 5) is 19.1. The third-order valence-electron chi connectivity index (χ3n) is 4.92. The Labute approximate surface area is 150 Å². The topological polar surface area (TPSA) is 45.2 Å². The van der Waals surface area contributed by atoms with Crippen molar-refractivity contribution >= 4 is 11.6 Å². The second-order valence-corrected chi connectivity index (χ2v) is 7.02. The summed E-state index contributed by atoms with van der Waals surface area (Å²) in [5, 5.41) is 0. The van der Waals surface area contributed by atoms with E-state index in [-0.39, 0.29) is 18.1 Å². The molecule has 2 saturated heterocycles. The van der Waals surface area contributed by atoms with Crippen LogP contribution in [0, 0.1) is 0 Å². The van der Waals surface area contributed by atoms with E-state index in [0.29, 0.717) is 19.6 Å². The van der Waals surface area contributed by atoms with Crippen LogP contribution in [0.15, 0.2) is 24.3 Å². The fourth-order valence-corrected chi connectivity index (χ4v) is 3.64. The van der Waals surface area contributed by atoms with Crippen LogP contribution < -0.4 is 9.64 Å². The van der Waals surface area contributed by atoms with E-state index < -0.39 is 0 Å². The maximum atomic E-state index is 12.6. The third kappa shape index (κ3) is 4.64. The highest BCUT2D eigenvalue weighted by atomic mass is 16.5. The lowest BCUT2D eigenvalue weighted by Crippen LogP contribution is -2.53. The molecule has 2 heterocycles. The molecule has 25 heavy (non-hydrogen) atoms. The molecule has 1 amide bonds. The van der Waals surface area contributed by atoms with Crippen LogP contribution in [-0.2, 0) is 9.53 Å². The number of hydrogen-bond donors (Lipinski definition) is 0. The number of piperazine rings is 1. The Hall–Kier alpha value is -1.79. The second kappa shape index (κ2) is 8.06. The van der Waals surface area contributed by atoms with E-state index in [0.717, 1.165) is 31.9 Å². The lowest BCUT2D eigenvalue weighted by molar-refractivity contribution is -0.144. The molecular weight excluding hydrogens is 318 g/mol. The van der Waals surface area contributed by atoms with E-state index in [2.05, 4.69) is 21.9 Å². The first-order valence-corrected chi connectivity index (χ1v) is 9.09. The number of anilines is 1. The quantitative estimate of drug-likeness (QED) is 0.825. The van der Waals surface area contributed by atoms with Crippen molar-refractivity contribution in [2.24, 2.45) is 0 Å². The highest BCUT2D eigenvalue weighted by Gasteiger charge is 2.27. The van der Waals surface area contributed by atoms with Crippen LogP contribution in [0.4, 0.5) is 5.69 Å². The van der Waals surface area contributed by atoms with E-state index in [1.165, 1.54) is 5.69 Å². The average molecular weight is 347 g/mol. The van der Waals surface area contributed by atoms with Gasteiger partial charge in [0, 0.05) is 51.0 Å². The Morgan fingerprint density at radius 1 is 1.16 bits per heavy atom. The number of nitrogens with zero attached hydrogens (tertiary/aromatic N) is 3. The molecule has 2 atom stereocenters. The van der Waals surface area contributed by atoms with Crippen LogP contribution in [0.25, 0.3) is 0 Å². The second-order valence-electron chi connectivity index (χ2n) is 7.02. The summed E-state index contributed by atoms with van der Waals surface area (Å²) >= 11 is 0. The molecule has 0 bridgehead atoms. The van der Waals surface area contributed by atoms with Crippen molar-refractivity contribution in [3.63, 3.8) is 0 Å². The molecular formula is C19H29N3O3. The minimum Gasteiger partial charge on any atom is -0.497 e. The smallest absolute Gasteiger partial charge is 0.236 e. The number of morpholine rings is 1. The monoisotopic (exact) mass is 347 g/mol. The number of methoxy groups -OCH3 is 1. The molecule has 2 aliphatic rings. The number of benzene rings is 1. The molecule has 1 aromatic carbocycles. The highest BCUT2D eigenvalue weighted by molar-refractivity contribution is 5.78. The maximum Gasteiger partial charge on any atom is 0.236 e. The van der Waals surface area contributed by atoms with Crippen molar-refractivity contribution in [2.45, 2.75) is 26.1 Å². The Morgan fingerprint density at radius 2 is 1.84 bits per heavy atom. The van der Waals surface area contributed by atoms with Crippen molar-refractivity contribution in [2.75, 3.05) is 57.8 Å². The summed E-state index contributed by atoms with van der Waals surface area (Å²) in [5.41, 5.74) is 1.18. The van der Waals surface area contributed by atoms with Crippen molar-refractivity contribution in [3.05, 3.63) is 24.3 Å². The molecule has 2 fully saturated rings. The fraction of sp³-hybridized carbons (Fsp3) is 0.632. The van der Waals surface area contributed by atoms with Crippen molar-refractivity contribution < 1.29 is 14.3 Å². The van der Waals surface area contributed by atoms with Gasteiger partial charge in [-0.2, -0.15) is 0 Å². The van der Waals surface area contributed by atoms with E-state index >= 15 is 0 Å². The van der Waals surface area contributed by atoms with Gasteiger partial charge in [-0.1, -0.05) is 6.07 Å². The summed E-state index contributed by atoms with van der Waals surface area (Å²) < 4.78 is 11.0. The van der Waals surface area contributed by atoms with E-state index in [9.17, 15) is 4.79 Å². The van der Waals surface area contributed by atoms with Gasteiger partial charge in [0.2, 0.25) is 5.91 Å². The average Bonchev–Trinajstić information content (AvgIpc) is 2.61. The summed E-state index contributed by atoms with van der Waals surface area (Å²) in [6.07, 6.45) is 0.246. The van der Waals surface area contributed by atoms with Crippen molar-refractivity contribution in [1.82, 2.24) is 9.80 Å². The van der Waals surface area contributed by atoms with E-state index in [4.69, 9.17) is 9.47 Å². The maximum absolute atomic E-state index is 12.6. The van der Waals surface area contributed by atoms with Gasteiger partial charge in [0.25, 0.3) is 0 Å². The molecule has 0 saturated carbocycles. The predicted molar refractivity (Wildman–Crippen MR) is 98.2 cm³/mol. The lowest BCUT2D eigenvalue weighted by Gasteiger charge is -2.39. The zero-order valence-corrected chi connectivity index (χ0v) is 15.5. The summed E-state index contributed by atoms with van der Waals surface area (Å²) in [7, 11) is 1.69. The predicted octanol–water partition coefficient (Wildman–Crippen LogP) is 1.45. The zero-order valence-electron chi connectivity index (χ0n) is 15.5. The fourth-order valence-electron chi connectivity index (χ4n) is 3.64. The van der Waals surface area contributed by atoms with E-state index in [1.807, 2.05) is 30.9 Å². The van der Waals surface area contributed by atoms with Crippen LogP contribution in [0.1, 0.15) is 13.8 Å². The first-order chi connectivity index (χ1) is 12.0. The highest BCUT2D eigenvalue weighted by Crippen LogP contribution is 2.22. The largest absolute Gasteiger partial charge is 0.497 e. The standard InChI is InChI=1S/C19H29N3O3/c1-15-12-22(13-16(2)25-15)19(23)14-20-7-9-21(10-8-20)17-5-4-6-18(11-17)24-3/h4-6,11,15-16H,7-10,12-14H2,1-3H3. The lowest BCUT2D eigenvalue weighted by atomic mass is 10.2. The van der Waals surface area contributed by atoms with Gasteiger partial charge in [-0.25, -0.2) is 0 Å². The van der Waals surface area contributed by atoms with Crippen molar-refractivity contribution in [3.8, 4) is 5.75 Å². The Bertz CT molecular complexity index is 577. The van der Waals surface area contributed by atoms with Crippen LogP contribution in [0.3, 0.4) is 0 Å². The summed E-state index contributed by atoms with van der Waals surface area (Å²) in [6.45, 7) is 9.63. The number of rotatable bonds is 4. The Morgan fingerprint density at radius 3 is 2.48 bits per heavy atom. The van der Waals surface area contributed by atoms with Gasteiger partial charge in [0.15, 0.2) is 0 Å². The molecule has 0 aliphatic carbocycles. The van der Waals surface area contributed by atoms with Crippen LogP contribution in [-0.4, -0.2) is 80.8 Å². The zero-order chi connectivity index (χ0) is 17.8. The number of ether oxygens (including phenoxy) is 2. The van der Waals surface area contributed by atoms with Gasteiger partial charge in [-0.05, 0) is 26.0 Å². The van der Waals surface area contributed by atoms with E-state index in [1.54, 1.807) is 7.11 Å². The summed E-state index contributed by atoms with van der Waals surface area (Å²) in [5.74, 6) is 1.10. The van der Waals surface area contributed by atoms with Gasteiger partial charge in [-0.15, -0.1) is 0 Å². The molecule has 6 nitrogen and oxygen atoms in total. The van der Waals surface area contributed by atoms with Gasteiger partial charge in [0.05, 0.1) is 25.9 Å². The molecule has 0 N–H and O–H groups in total. The molecule has 2 unspecified atom stereocenters. The minimum atomic E-state index is 0.123. The molecule has 2 aliphatic heterocycles. The number of hydrogen-bond acceptors (Lipinski definition) is 5. The molecule has 1 aromatic rings. The van der Waals surface area contributed by atoms with Crippen LogP contribution in [0.5, 0.6) is 5.75 Å². The molecule has 6 heteroatoms. The first-order valence-electron chi connectivity index (χ1n) is 9.09. The number of amides is 1. The van der Waals surface area contributed by atoms with Gasteiger partial charge < -0.3 is 19.3 Å². The number of carbonyl (C=O) groups excluding carboxylic acids is 1. The molecule has 138 valence electrons. The molecule has 0 aromatic heterocycles. The minimum absolute atomic E-state index is 0.123. The Balaban J connectivity index is 1.49. The van der Waals surface area contributed by atoms with Gasteiger partial charge >= 0.3 is 0 Å². The molecule has 0 radical (unpaired) electrons. The Kier molecular flexibility index (Phi) is 5.81. The molecule has 3 rings (SSSR count). The van der Waals surface area contributed by atoms with Crippen molar-refractivity contribution in [1.29, 1.82) is 0 Å². The van der Waals surface area contributed by atoms with Crippen LogP contribution in [0.2, 0.25) is 0 Å². The third-order valence-corrected chi connectivity index (χ3v) is 4.92. The number of carbonyl (C=O) groups is 1. The normalized spacial score (nSPS) is 25.1. The van der Waals surface area contributed by atoms with Gasteiger partial charge in [-0.3, -0.25) is 9.69 Å². The summed E-state index contributed by atoms with van der Waals surface area (Å²) in [6, 6.07) is 8.16. The molecule has 0 spiro atoms. The van der Waals surface area contributed by atoms with Crippen LogP contribution >= 0.6 is 0 Å². The first kappa shape index (κ1) is 18.0.